The lowest BCUT2D eigenvalue weighted by Gasteiger charge is -2.16. The number of benzene rings is 1. The van der Waals surface area contributed by atoms with Gasteiger partial charge in [-0.15, -0.1) is 0 Å². The molecule has 0 saturated carbocycles. The summed E-state index contributed by atoms with van der Waals surface area (Å²) < 4.78 is 0. The van der Waals surface area contributed by atoms with Crippen molar-refractivity contribution in [3.63, 3.8) is 0 Å². The second-order valence-electron chi connectivity index (χ2n) is 4.80. The highest BCUT2D eigenvalue weighted by atomic mass is 15.2. The summed E-state index contributed by atoms with van der Waals surface area (Å²) in [5.41, 5.74) is 7.31. The van der Waals surface area contributed by atoms with Crippen molar-refractivity contribution in [2.24, 2.45) is 5.73 Å². The molecule has 1 aliphatic heterocycles. The van der Waals surface area contributed by atoms with E-state index in [-0.39, 0.29) is 0 Å². The van der Waals surface area contributed by atoms with Crippen LogP contribution >= 0.6 is 0 Å². The van der Waals surface area contributed by atoms with Crippen molar-refractivity contribution in [3.8, 4) is 0 Å². The number of fused-ring (bicyclic) bond motifs is 1. The molecular weight excluding hydrogens is 210 g/mol. The van der Waals surface area contributed by atoms with Gasteiger partial charge in [0.2, 0.25) is 0 Å². The van der Waals surface area contributed by atoms with Crippen LogP contribution in [0.25, 0.3) is 10.8 Å². The predicted molar refractivity (Wildman–Crippen MR) is 69.6 cm³/mol. The van der Waals surface area contributed by atoms with Gasteiger partial charge < -0.3 is 5.73 Å². The normalized spacial score (nSPS) is 21.1. The first kappa shape index (κ1) is 10.7. The Morgan fingerprint density at radius 2 is 2.29 bits per heavy atom. The van der Waals surface area contributed by atoms with Gasteiger partial charge >= 0.3 is 0 Å². The van der Waals surface area contributed by atoms with Gasteiger partial charge in [-0.25, -0.2) is 0 Å². The highest BCUT2D eigenvalue weighted by molar-refractivity contribution is 5.84. The average molecular weight is 227 g/mol. The number of aromatic nitrogens is 1. The molecule has 88 valence electrons. The Labute approximate surface area is 101 Å². The summed E-state index contributed by atoms with van der Waals surface area (Å²) >= 11 is 0. The molecule has 0 amide bonds. The summed E-state index contributed by atoms with van der Waals surface area (Å²) in [6, 6.07) is 8.87. The maximum Gasteiger partial charge on any atom is 0.0346 e. The molecule has 1 aromatic heterocycles. The summed E-state index contributed by atoms with van der Waals surface area (Å²) in [4.78, 5) is 6.59. The quantitative estimate of drug-likeness (QED) is 0.850. The van der Waals surface area contributed by atoms with Crippen LogP contribution in [0, 0.1) is 0 Å². The Bertz CT molecular complexity index is 518. The molecule has 3 nitrogen and oxygen atoms in total. The lowest BCUT2D eigenvalue weighted by atomic mass is 10.1. The zero-order chi connectivity index (χ0) is 11.7. The number of hydrogen-bond acceptors (Lipinski definition) is 3. The van der Waals surface area contributed by atoms with E-state index in [0.717, 1.165) is 26.1 Å². The zero-order valence-corrected chi connectivity index (χ0v) is 9.84. The fourth-order valence-electron chi connectivity index (χ4n) is 2.57. The smallest absolute Gasteiger partial charge is 0.0346 e. The Morgan fingerprint density at radius 3 is 3.12 bits per heavy atom. The van der Waals surface area contributed by atoms with E-state index in [1.807, 2.05) is 12.4 Å². The maximum atomic E-state index is 5.94. The molecule has 1 atom stereocenters. The summed E-state index contributed by atoms with van der Waals surface area (Å²) in [5, 5.41) is 2.52. The largest absolute Gasteiger partial charge is 0.326 e. The van der Waals surface area contributed by atoms with Crippen LogP contribution in [0.3, 0.4) is 0 Å². The molecule has 0 spiro atoms. The van der Waals surface area contributed by atoms with E-state index in [4.69, 9.17) is 5.73 Å². The summed E-state index contributed by atoms with van der Waals surface area (Å²) in [6.45, 7) is 3.12. The first-order valence-corrected chi connectivity index (χ1v) is 6.12. The molecule has 2 aromatic rings. The van der Waals surface area contributed by atoms with Crippen molar-refractivity contribution in [2.75, 3.05) is 13.1 Å². The average Bonchev–Trinajstić information content (AvgIpc) is 2.75. The minimum atomic E-state index is 0.353. The van der Waals surface area contributed by atoms with Crippen molar-refractivity contribution in [1.29, 1.82) is 0 Å². The summed E-state index contributed by atoms with van der Waals surface area (Å²) in [7, 11) is 0. The molecule has 3 rings (SSSR count). The van der Waals surface area contributed by atoms with E-state index in [1.54, 1.807) is 0 Å². The summed E-state index contributed by atoms with van der Waals surface area (Å²) in [5.74, 6) is 0. The highest BCUT2D eigenvalue weighted by Gasteiger charge is 2.19. The monoisotopic (exact) mass is 227 g/mol. The standard InChI is InChI=1S/C14H17N3/c15-13-5-7-17(10-13)9-12-3-1-2-11-8-16-6-4-14(11)12/h1-4,6,8,13H,5,7,9-10,15H2. The van der Waals surface area contributed by atoms with Gasteiger partial charge in [-0.05, 0) is 23.4 Å². The van der Waals surface area contributed by atoms with Gasteiger partial charge in [-0.3, -0.25) is 9.88 Å². The van der Waals surface area contributed by atoms with Crippen LogP contribution in [-0.2, 0) is 6.54 Å². The van der Waals surface area contributed by atoms with Gasteiger partial charge in [-0.2, -0.15) is 0 Å². The first-order chi connectivity index (χ1) is 8.33. The molecule has 2 heterocycles. The van der Waals surface area contributed by atoms with Crippen molar-refractivity contribution in [3.05, 3.63) is 42.2 Å². The lowest BCUT2D eigenvalue weighted by molar-refractivity contribution is 0.328. The highest BCUT2D eigenvalue weighted by Crippen LogP contribution is 2.20. The molecule has 2 N–H and O–H groups in total. The molecule has 0 radical (unpaired) electrons. The minimum absolute atomic E-state index is 0.353. The second-order valence-corrected chi connectivity index (χ2v) is 4.80. The lowest BCUT2D eigenvalue weighted by Crippen LogP contribution is -2.26. The molecule has 0 bridgehead atoms. The zero-order valence-electron chi connectivity index (χ0n) is 9.84. The number of pyridine rings is 1. The van der Waals surface area contributed by atoms with Gasteiger partial charge in [0.1, 0.15) is 0 Å². The Kier molecular flexibility index (Phi) is 2.79. The molecular formula is C14H17N3. The van der Waals surface area contributed by atoms with Crippen LogP contribution in [0.1, 0.15) is 12.0 Å². The van der Waals surface area contributed by atoms with Crippen LogP contribution in [0.2, 0.25) is 0 Å². The van der Waals surface area contributed by atoms with Gasteiger partial charge in [-0.1, -0.05) is 18.2 Å². The van der Waals surface area contributed by atoms with Crippen LogP contribution in [0.5, 0.6) is 0 Å². The van der Waals surface area contributed by atoms with Gasteiger partial charge in [0.25, 0.3) is 0 Å². The second kappa shape index (κ2) is 4.43. The van der Waals surface area contributed by atoms with Crippen LogP contribution in [-0.4, -0.2) is 29.0 Å². The topological polar surface area (TPSA) is 42.1 Å². The molecule has 1 aliphatic rings. The van der Waals surface area contributed by atoms with Crippen molar-refractivity contribution >= 4 is 10.8 Å². The SMILES string of the molecule is NC1CCN(Cc2cccc3cnccc23)C1. The van der Waals surface area contributed by atoms with Crippen LogP contribution in [0.4, 0.5) is 0 Å². The fraction of sp³-hybridized carbons (Fsp3) is 0.357. The number of rotatable bonds is 2. The number of likely N-dealkylation sites (tertiary alicyclic amines) is 1. The van der Waals surface area contributed by atoms with Gasteiger partial charge in [0.15, 0.2) is 0 Å². The van der Waals surface area contributed by atoms with E-state index in [0.29, 0.717) is 6.04 Å². The molecule has 3 heteroatoms. The van der Waals surface area contributed by atoms with E-state index >= 15 is 0 Å². The number of hydrogen-bond donors (Lipinski definition) is 1. The Morgan fingerprint density at radius 1 is 1.35 bits per heavy atom. The third-order valence-electron chi connectivity index (χ3n) is 3.47. The van der Waals surface area contributed by atoms with Crippen molar-refractivity contribution in [2.45, 2.75) is 19.0 Å². The molecule has 1 unspecified atom stereocenters. The fourth-order valence-corrected chi connectivity index (χ4v) is 2.57. The van der Waals surface area contributed by atoms with E-state index in [2.05, 4.69) is 34.1 Å². The van der Waals surface area contributed by atoms with E-state index in [9.17, 15) is 0 Å². The van der Waals surface area contributed by atoms with E-state index < -0.39 is 0 Å². The molecule has 17 heavy (non-hydrogen) atoms. The number of nitrogens with two attached hydrogens (primary N) is 1. The van der Waals surface area contributed by atoms with Gasteiger partial charge in [0.05, 0.1) is 0 Å². The Hall–Kier alpha value is -1.45. The third kappa shape index (κ3) is 2.16. The number of nitrogens with zero attached hydrogens (tertiary/aromatic N) is 2. The molecule has 1 saturated heterocycles. The predicted octanol–water partition coefficient (Wildman–Crippen LogP) is 1.77. The molecule has 1 aromatic carbocycles. The van der Waals surface area contributed by atoms with Crippen LogP contribution < -0.4 is 5.73 Å². The molecule has 0 aliphatic carbocycles. The third-order valence-corrected chi connectivity index (χ3v) is 3.47. The van der Waals surface area contributed by atoms with Crippen molar-refractivity contribution < 1.29 is 0 Å². The van der Waals surface area contributed by atoms with Gasteiger partial charge in [0, 0.05) is 43.5 Å². The molecule has 1 fully saturated rings. The summed E-state index contributed by atoms with van der Waals surface area (Å²) in [6.07, 6.45) is 4.91. The van der Waals surface area contributed by atoms with E-state index in [1.165, 1.54) is 16.3 Å². The first-order valence-electron chi connectivity index (χ1n) is 6.12. The Balaban J connectivity index is 1.90. The minimum Gasteiger partial charge on any atom is -0.326 e. The van der Waals surface area contributed by atoms with Crippen LogP contribution in [0.15, 0.2) is 36.7 Å². The van der Waals surface area contributed by atoms with Crippen molar-refractivity contribution in [1.82, 2.24) is 9.88 Å². The maximum absolute atomic E-state index is 5.94.